The number of nitrogens with one attached hydrogen (secondary N) is 1. The molecule has 0 radical (unpaired) electrons. The van der Waals surface area contributed by atoms with Crippen LogP contribution in [0.5, 0.6) is 5.88 Å². The molecule has 1 N–H and O–H groups in total. The molecule has 5 nitrogen and oxygen atoms in total. The summed E-state index contributed by atoms with van der Waals surface area (Å²) in [6.45, 7) is 6.89. The number of pyridine rings is 2. The van der Waals surface area contributed by atoms with Crippen LogP contribution >= 0.6 is 0 Å². The Bertz CT molecular complexity index is 659. The van der Waals surface area contributed by atoms with E-state index in [4.69, 9.17) is 9.47 Å². The van der Waals surface area contributed by atoms with Gasteiger partial charge in [0.25, 0.3) is 0 Å². The fraction of sp³-hybridized carbons (Fsp3) is 0.444. The van der Waals surface area contributed by atoms with Gasteiger partial charge in [-0.15, -0.1) is 0 Å². The number of aromatic nitrogens is 2. The summed E-state index contributed by atoms with van der Waals surface area (Å²) in [7, 11) is 3.33. The fourth-order valence-corrected chi connectivity index (χ4v) is 2.59. The van der Waals surface area contributed by atoms with E-state index < -0.39 is 0 Å². The van der Waals surface area contributed by atoms with Crippen LogP contribution < -0.4 is 10.1 Å². The highest BCUT2D eigenvalue weighted by Gasteiger charge is 2.12. The molecular formula is C18H25N3O2. The van der Waals surface area contributed by atoms with Gasteiger partial charge in [-0.05, 0) is 38.0 Å². The van der Waals surface area contributed by atoms with Crippen molar-refractivity contribution in [2.75, 3.05) is 26.1 Å². The van der Waals surface area contributed by atoms with Crippen LogP contribution in [0, 0.1) is 6.92 Å². The van der Waals surface area contributed by atoms with Crippen LogP contribution in [0.4, 0.5) is 5.69 Å². The van der Waals surface area contributed by atoms with Crippen LogP contribution in [0.15, 0.2) is 24.4 Å². The minimum atomic E-state index is 0.237. The highest BCUT2D eigenvalue weighted by molar-refractivity contribution is 5.68. The first kappa shape index (κ1) is 17.2. The van der Waals surface area contributed by atoms with Crippen molar-refractivity contribution in [3.8, 4) is 17.1 Å². The minimum Gasteiger partial charge on any atom is -0.481 e. The molecule has 1 atom stereocenters. The average molecular weight is 315 g/mol. The topological polar surface area (TPSA) is 56.3 Å². The van der Waals surface area contributed by atoms with Crippen LogP contribution in [0.1, 0.15) is 25.1 Å². The zero-order valence-corrected chi connectivity index (χ0v) is 14.5. The number of hydrogen-bond donors (Lipinski definition) is 1. The highest BCUT2D eigenvalue weighted by Crippen LogP contribution is 2.27. The summed E-state index contributed by atoms with van der Waals surface area (Å²) < 4.78 is 10.4. The Kier molecular flexibility index (Phi) is 5.93. The second kappa shape index (κ2) is 7.92. The molecule has 2 rings (SSSR count). The largest absolute Gasteiger partial charge is 0.481 e. The van der Waals surface area contributed by atoms with Gasteiger partial charge in [0.1, 0.15) is 0 Å². The fourth-order valence-electron chi connectivity index (χ4n) is 2.59. The van der Waals surface area contributed by atoms with Gasteiger partial charge < -0.3 is 14.8 Å². The van der Waals surface area contributed by atoms with Gasteiger partial charge >= 0.3 is 0 Å². The van der Waals surface area contributed by atoms with Crippen LogP contribution in [0.3, 0.4) is 0 Å². The van der Waals surface area contributed by atoms with Gasteiger partial charge in [-0.2, -0.15) is 0 Å². The Balaban J connectivity index is 2.31. The smallest absolute Gasteiger partial charge is 0.213 e. The third kappa shape index (κ3) is 4.20. The Morgan fingerprint density at radius 3 is 2.65 bits per heavy atom. The molecule has 2 aromatic rings. The molecule has 0 aliphatic rings. The number of hydrogen-bond acceptors (Lipinski definition) is 5. The lowest BCUT2D eigenvalue weighted by Crippen LogP contribution is -2.20. The van der Waals surface area contributed by atoms with Crippen molar-refractivity contribution in [1.82, 2.24) is 9.97 Å². The molecule has 124 valence electrons. The first-order chi connectivity index (χ1) is 11.1. The molecule has 23 heavy (non-hydrogen) atoms. The Morgan fingerprint density at radius 2 is 2.04 bits per heavy atom. The summed E-state index contributed by atoms with van der Waals surface area (Å²) >= 11 is 0. The predicted octanol–water partition coefficient (Wildman–Crippen LogP) is 3.47. The lowest BCUT2D eigenvalue weighted by Gasteiger charge is -2.16. The minimum absolute atomic E-state index is 0.237. The van der Waals surface area contributed by atoms with E-state index in [1.807, 2.05) is 18.3 Å². The van der Waals surface area contributed by atoms with E-state index in [2.05, 4.69) is 42.1 Å². The van der Waals surface area contributed by atoms with Crippen molar-refractivity contribution < 1.29 is 9.47 Å². The molecule has 5 heteroatoms. The van der Waals surface area contributed by atoms with E-state index in [0.717, 1.165) is 34.6 Å². The van der Waals surface area contributed by atoms with E-state index in [-0.39, 0.29) is 6.04 Å². The van der Waals surface area contributed by atoms with Crippen molar-refractivity contribution in [3.63, 3.8) is 0 Å². The number of nitrogens with zero attached hydrogens (tertiary/aromatic N) is 2. The maximum Gasteiger partial charge on any atom is 0.213 e. The molecule has 0 aliphatic heterocycles. The summed E-state index contributed by atoms with van der Waals surface area (Å²) in [5, 5.41) is 3.39. The van der Waals surface area contributed by atoms with E-state index >= 15 is 0 Å². The molecule has 1 unspecified atom stereocenters. The van der Waals surface area contributed by atoms with Gasteiger partial charge in [0.05, 0.1) is 37.0 Å². The molecule has 2 aromatic heterocycles. The van der Waals surface area contributed by atoms with E-state index in [1.54, 1.807) is 14.2 Å². The summed E-state index contributed by atoms with van der Waals surface area (Å²) in [5.74, 6) is 0.634. The van der Waals surface area contributed by atoms with Crippen LogP contribution in [0.2, 0.25) is 0 Å². The zero-order valence-electron chi connectivity index (χ0n) is 14.5. The van der Waals surface area contributed by atoms with Crippen molar-refractivity contribution in [2.45, 2.75) is 33.2 Å². The highest BCUT2D eigenvalue weighted by atomic mass is 16.5. The molecule has 0 bridgehead atoms. The summed E-state index contributed by atoms with van der Waals surface area (Å²) in [5.41, 5.74) is 5.12. The normalized spacial score (nSPS) is 12.0. The first-order valence-electron chi connectivity index (χ1n) is 7.85. The molecule has 0 amide bonds. The van der Waals surface area contributed by atoms with Crippen LogP contribution in [-0.4, -0.2) is 36.8 Å². The van der Waals surface area contributed by atoms with Gasteiger partial charge in [0.15, 0.2) is 0 Å². The van der Waals surface area contributed by atoms with Gasteiger partial charge in [-0.25, -0.2) is 4.98 Å². The van der Waals surface area contributed by atoms with E-state index in [9.17, 15) is 0 Å². The number of aryl methyl sites for hydroxylation is 2. The third-order valence-electron chi connectivity index (χ3n) is 3.66. The quantitative estimate of drug-likeness (QED) is 0.848. The van der Waals surface area contributed by atoms with Gasteiger partial charge in [-0.1, -0.05) is 6.92 Å². The second-order valence-corrected chi connectivity index (χ2v) is 5.59. The molecule has 0 spiro atoms. The lowest BCUT2D eigenvalue weighted by atomic mass is 10.0. The number of anilines is 1. The van der Waals surface area contributed by atoms with Crippen LogP contribution in [0.25, 0.3) is 11.3 Å². The Hall–Kier alpha value is -2.14. The SMILES string of the molecule is CCc1nc(OC)ccc1-c1ncc(NC(C)COC)cc1C. The molecule has 0 saturated heterocycles. The maximum atomic E-state index is 5.21. The number of methoxy groups -OCH3 is 2. The molecule has 0 saturated carbocycles. The summed E-state index contributed by atoms with van der Waals surface area (Å²) in [4.78, 5) is 9.17. The van der Waals surface area contributed by atoms with Crippen LogP contribution in [-0.2, 0) is 11.2 Å². The van der Waals surface area contributed by atoms with Crippen molar-refractivity contribution in [2.24, 2.45) is 0 Å². The van der Waals surface area contributed by atoms with Crippen molar-refractivity contribution >= 4 is 5.69 Å². The molecular weight excluding hydrogens is 290 g/mol. The average Bonchev–Trinajstić information content (AvgIpc) is 2.55. The van der Waals surface area contributed by atoms with Gasteiger partial charge in [0.2, 0.25) is 5.88 Å². The predicted molar refractivity (Wildman–Crippen MR) is 93.1 cm³/mol. The standard InChI is InChI=1S/C18H25N3O2/c1-6-16-15(7-8-17(21-16)23-5)18-12(2)9-14(10-19-18)20-13(3)11-22-4/h7-10,13,20H,6,11H2,1-5H3. The number of rotatable bonds is 7. The molecule has 0 aromatic carbocycles. The lowest BCUT2D eigenvalue weighted by molar-refractivity contribution is 0.190. The molecule has 0 aliphatic carbocycles. The van der Waals surface area contributed by atoms with Gasteiger partial charge in [0, 0.05) is 24.8 Å². The Labute approximate surface area is 138 Å². The van der Waals surface area contributed by atoms with Crippen molar-refractivity contribution in [3.05, 3.63) is 35.7 Å². The number of ether oxygens (including phenoxy) is 2. The molecule has 0 fully saturated rings. The first-order valence-corrected chi connectivity index (χ1v) is 7.85. The summed E-state index contributed by atoms with van der Waals surface area (Å²) in [6, 6.07) is 6.25. The summed E-state index contributed by atoms with van der Waals surface area (Å²) in [6.07, 6.45) is 2.69. The third-order valence-corrected chi connectivity index (χ3v) is 3.66. The second-order valence-electron chi connectivity index (χ2n) is 5.59. The van der Waals surface area contributed by atoms with Gasteiger partial charge in [-0.3, -0.25) is 4.98 Å². The Morgan fingerprint density at radius 1 is 1.26 bits per heavy atom. The maximum absolute atomic E-state index is 5.21. The van der Waals surface area contributed by atoms with E-state index in [0.29, 0.717) is 12.5 Å². The zero-order chi connectivity index (χ0) is 16.8. The molecule has 2 heterocycles. The van der Waals surface area contributed by atoms with Crippen molar-refractivity contribution in [1.29, 1.82) is 0 Å². The monoisotopic (exact) mass is 315 g/mol. The van der Waals surface area contributed by atoms with E-state index in [1.165, 1.54) is 0 Å².